The molecule has 2 aromatic carbocycles. The number of nitrogens with zero attached hydrogens (tertiary/aromatic N) is 1. The molecule has 0 radical (unpaired) electrons. The minimum atomic E-state index is -0.505. The van der Waals surface area contributed by atoms with Crippen molar-refractivity contribution >= 4 is 33.8 Å². The standard InChI is InChI=1S/C23H19NO3S/c1-14-19(23(26)27-2)20(15-9-5-3-6-10-15)17-13-18(28-22(17)24-14)21(25)16-11-7-4-8-12-16/h3-13,19-20H,1-2H3. The fraction of sp³-hybridized carbons (Fsp3) is 0.174. The van der Waals surface area contributed by atoms with E-state index in [1.807, 2.05) is 73.7 Å². The number of ketones is 1. The Morgan fingerprint density at radius 1 is 1.00 bits per heavy atom. The summed E-state index contributed by atoms with van der Waals surface area (Å²) in [6.07, 6.45) is 0. The maximum Gasteiger partial charge on any atom is 0.315 e. The number of esters is 1. The highest BCUT2D eigenvalue weighted by molar-refractivity contribution is 7.18. The van der Waals surface area contributed by atoms with Gasteiger partial charge < -0.3 is 4.74 Å². The van der Waals surface area contributed by atoms with Crippen molar-refractivity contribution < 1.29 is 14.3 Å². The predicted molar refractivity (Wildman–Crippen MR) is 111 cm³/mol. The molecule has 0 aliphatic carbocycles. The van der Waals surface area contributed by atoms with Gasteiger partial charge in [-0.2, -0.15) is 0 Å². The van der Waals surface area contributed by atoms with Crippen LogP contribution in [0.15, 0.2) is 71.7 Å². The molecule has 2 atom stereocenters. The Morgan fingerprint density at radius 3 is 2.29 bits per heavy atom. The Hall–Kier alpha value is -3.05. The Labute approximate surface area is 167 Å². The molecule has 0 bridgehead atoms. The molecule has 140 valence electrons. The summed E-state index contributed by atoms with van der Waals surface area (Å²) in [7, 11) is 1.39. The summed E-state index contributed by atoms with van der Waals surface area (Å²) in [5.74, 6) is -1.08. The first-order valence-electron chi connectivity index (χ1n) is 9.01. The molecule has 0 saturated heterocycles. The number of benzene rings is 2. The lowest BCUT2D eigenvalue weighted by molar-refractivity contribution is -0.143. The number of thiophene rings is 1. The van der Waals surface area contributed by atoms with E-state index in [0.29, 0.717) is 16.2 Å². The maximum absolute atomic E-state index is 12.9. The third kappa shape index (κ3) is 3.18. The van der Waals surface area contributed by atoms with Gasteiger partial charge in [0.2, 0.25) is 5.78 Å². The van der Waals surface area contributed by atoms with E-state index in [9.17, 15) is 9.59 Å². The predicted octanol–water partition coefficient (Wildman–Crippen LogP) is 5.01. The van der Waals surface area contributed by atoms with E-state index in [2.05, 4.69) is 4.99 Å². The van der Waals surface area contributed by atoms with Crippen LogP contribution < -0.4 is 0 Å². The number of ether oxygens (including phenoxy) is 1. The monoisotopic (exact) mass is 389 g/mol. The molecule has 2 heterocycles. The first kappa shape index (κ1) is 18.3. The smallest absolute Gasteiger partial charge is 0.315 e. The average Bonchev–Trinajstić information content (AvgIpc) is 3.16. The molecular formula is C23H19NO3S. The summed E-state index contributed by atoms with van der Waals surface area (Å²) in [6, 6.07) is 20.9. The van der Waals surface area contributed by atoms with Crippen LogP contribution in [0, 0.1) is 5.92 Å². The highest BCUT2D eigenvalue weighted by Gasteiger charge is 2.39. The van der Waals surface area contributed by atoms with Crippen LogP contribution in [-0.2, 0) is 9.53 Å². The van der Waals surface area contributed by atoms with Gasteiger partial charge in [-0.15, -0.1) is 11.3 Å². The van der Waals surface area contributed by atoms with Crippen molar-refractivity contribution in [3.05, 3.63) is 88.3 Å². The molecule has 2 unspecified atom stereocenters. The topological polar surface area (TPSA) is 55.7 Å². The molecule has 1 aliphatic rings. The van der Waals surface area contributed by atoms with E-state index in [4.69, 9.17) is 4.74 Å². The van der Waals surface area contributed by atoms with Crippen LogP contribution in [-0.4, -0.2) is 24.6 Å². The van der Waals surface area contributed by atoms with Gasteiger partial charge in [-0.1, -0.05) is 60.7 Å². The van der Waals surface area contributed by atoms with Crippen molar-refractivity contribution in [1.29, 1.82) is 0 Å². The fourth-order valence-corrected chi connectivity index (χ4v) is 4.76. The zero-order valence-corrected chi connectivity index (χ0v) is 16.4. The molecule has 0 spiro atoms. The number of hydrogen-bond donors (Lipinski definition) is 0. The van der Waals surface area contributed by atoms with Gasteiger partial charge >= 0.3 is 5.97 Å². The van der Waals surface area contributed by atoms with E-state index in [0.717, 1.165) is 16.1 Å². The first-order chi connectivity index (χ1) is 13.6. The number of aliphatic imine (C=N–C) groups is 1. The normalized spacial score (nSPS) is 18.1. The minimum Gasteiger partial charge on any atom is -0.468 e. The molecular weight excluding hydrogens is 370 g/mol. The lowest BCUT2D eigenvalue weighted by Gasteiger charge is -2.29. The third-order valence-corrected chi connectivity index (χ3v) is 6.05. The van der Waals surface area contributed by atoms with Crippen molar-refractivity contribution in [1.82, 2.24) is 0 Å². The third-order valence-electron chi connectivity index (χ3n) is 5.01. The number of carbonyl (C=O) groups excluding carboxylic acids is 2. The highest BCUT2D eigenvalue weighted by atomic mass is 32.1. The van der Waals surface area contributed by atoms with Crippen LogP contribution in [0.3, 0.4) is 0 Å². The summed E-state index contributed by atoms with van der Waals surface area (Å²) in [6.45, 7) is 1.85. The number of methoxy groups -OCH3 is 1. The van der Waals surface area contributed by atoms with Crippen molar-refractivity contribution in [2.45, 2.75) is 12.8 Å². The van der Waals surface area contributed by atoms with Crippen molar-refractivity contribution in [3.8, 4) is 0 Å². The van der Waals surface area contributed by atoms with Crippen LogP contribution in [0.25, 0.3) is 0 Å². The van der Waals surface area contributed by atoms with Crippen molar-refractivity contribution in [2.75, 3.05) is 7.11 Å². The first-order valence-corrected chi connectivity index (χ1v) is 9.83. The summed E-state index contributed by atoms with van der Waals surface area (Å²) >= 11 is 1.37. The second-order valence-corrected chi connectivity index (χ2v) is 7.74. The van der Waals surface area contributed by atoms with Gasteiger partial charge in [0.25, 0.3) is 0 Å². The molecule has 4 nitrogen and oxygen atoms in total. The van der Waals surface area contributed by atoms with E-state index >= 15 is 0 Å². The van der Waals surface area contributed by atoms with E-state index in [1.165, 1.54) is 18.4 Å². The average molecular weight is 389 g/mol. The van der Waals surface area contributed by atoms with Crippen LogP contribution in [0.5, 0.6) is 0 Å². The largest absolute Gasteiger partial charge is 0.468 e. The van der Waals surface area contributed by atoms with Crippen molar-refractivity contribution in [3.63, 3.8) is 0 Å². The van der Waals surface area contributed by atoms with Crippen LogP contribution >= 0.6 is 11.3 Å². The van der Waals surface area contributed by atoms with E-state index in [1.54, 1.807) is 0 Å². The number of rotatable bonds is 4. The molecule has 0 saturated carbocycles. The molecule has 28 heavy (non-hydrogen) atoms. The Balaban J connectivity index is 1.84. The van der Waals surface area contributed by atoms with Gasteiger partial charge in [0.1, 0.15) is 10.9 Å². The highest BCUT2D eigenvalue weighted by Crippen LogP contribution is 2.47. The SMILES string of the molecule is COC(=O)C1C(C)=Nc2sc(C(=O)c3ccccc3)cc2C1c1ccccc1. The summed E-state index contributed by atoms with van der Waals surface area (Å²) < 4.78 is 5.07. The van der Waals surface area contributed by atoms with Gasteiger partial charge in [-0.25, -0.2) is 4.99 Å². The molecule has 3 aromatic rings. The van der Waals surface area contributed by atoms with E-state index in [-0.39, 0.29) is 17.7 Å². The Morgan fingerprint density at radius 2 is 1.64 bits per heavy atom. The molecule has 5 heteroatoms. The molecule has 0 N–H and O–H groups in total. The van der Waals surface area contributed by atoms with Gasteiger partial charge in [0.05, 0.1) is 12.0 Å². The Bertz CT molecular complexity index is 1050. The molecule has 1 aromatic heterocycles. The van der Waals surface area contributed by atoms with Crippen LogP contribution in [0.2, 0.25) is 0 Å². The second-order valence-electron chi connectivity index (χ2n) is 6.71. The van der Waals surface area contributed by atoms with Gasteiger partial charge in [-0.05, 0) is 24.1 Å². The summed E-state index contributed by atoms with van der Waals surface area (Å²) in [5.41, 5.74) is 3.25. The van der Waals surface area contributed by atoms with Gasteiger partial charge in [-0.3, -0.25) is 9.59 Å². The second kappa shape index (κ2) is 7.52. The Kier molecular flexibility index (Phi) is 4.92. The van der Waals surface area contributed by atoms with Crippen molar-refractivity contribution in [2.24, 2.45) is 10.9 Å². The van der Waals surface area contributed by atoms with Crippen LogP contribution in [0.1, 0.15) is 39.2 Å². The van der Waals surface area contributed by atoms with Crippen LogP contribution in [0.4, 0.5) is 5.00 Å². The molecule has 4 rings (SSSR count). The number of hydrogen-bond acceptors (Lipinski definition) is 5. The lowest BCUT2D eigenvalue weighted by atomic mass is 9.77. The minimum absolute atomic E-state index is 0.0331. The lowest BCUT2D eigenvalue weighted by Crippen LogP contribution is -2.32. The quantitative estimate of drug-likeness (QED) is 0.466. The summed E-state index contributed by atoms with van der Waals surface area (Å²) in [4.78, 5) is 30.8. The maximum atomic E-state index is 12.9. The molecule has 0 amide bonds. The zero-order chi connectivity index (χ0) is 19.7. The number of carbonyl (C=O) groups is 2. The summed E-state index contributed by atoms with van der Waals surface area (Å²) in [5, 5.41) is 0.783. The molecule has 0 fully saturated rings. The fourth-order valence-electron chi connectivity index (χ4n) is 3.67. The van der Waals surface area contributed by atoms with Gasteiger partial charge in [0, 0.05) is 17.2 Å². The van der Waals surface area contributed by atoms with E-state index < -0.39 is 5.92 Å². The molecule has 1 aliphatic heterocycles. The number of fused-ring (bicyclic) bond motifs is 1. The zero-order valence-electron chi connectivity index (χ0n) is 15.6. The van der Waals surface area contributed by atoms with Gasteiger partial charge in [0.15, 0.2) is 0 Å².